The van der Waals surface area contributed by atoms with E-state index in [1.165, 1.54) is 6.07 Å². The molecule has 0 saturated heterocycles. The highest BCUT2D eigenvalue weighted by molar-refractivity contribution is 6.33. The van der Waals surface area contributed by atoms with E-state index in [0.717, 1.165) is 0 Å². The summed E-state index contributed by atoms with van der Waals surface area (Å²) in [7, 11) is 0. The first kappa shape index (κ1) is 7.94. The van der Waals surface area contributed by atoms with E-state index in [1.807, 2.05) is 0 Å². The van der Waals surface area contributed by atoms with Crippen molar-refractivity contribution in [1.29, 1.82) is 0 Å². The van der Waals surface area contributed by atoms with E-state index in [2.05, 4.69) is 10.2 Å². The molecule has 0 atom stereocenters. The number of aryl methyl sites for hydroxylation is 1. The minimum absolute atomic E-state index is 0.0114. The summed E-state index contributed by atoms with van der Waals surface area (Å²) >= 11 is 5.62. The van der Waals surface area contributed by atoms with Crippen LogP contribution in [0.3, 0.4) is 0 Å². The number of hydrogen-bond acceptors (Lipinski definition) is 3. The molecule has 1 rings (SSSR count). The van der Waals surface area contributed by atoms with Crippen molar-refractivity contribution in [2.75, 3.05) is 0 Å². The number of halogens is 1. The number of carbonyl (C=O) groups excluding carboxylic acids is 1. The number of carbonyl (C=O) groups is 1. The van der Waals surface area contributed by atoms with E-state index in [-0.39, 0.29) is 10.7 Å². The van der Waals surface area contributed by atoms with E-state index in [4.69, 9.17) is 17.3 Å². The van der Waals surface area contributed by atoms with Crippen molar-refractivity contribution in [2.45, 2.75) is 6.92 Å². The Hall–Kier alpha value is -1.16. The molecule has 0 aromatic carbocycles. The minimum atomic E-state index is -0.664. The van der Waals surface area contributed by atoms with Crippen LogP contribution in [0.4, 0.5) is 0 Å². The third-order valence-corrected chi connectivity index (χ3v) is 1.39. The van der Waals surface area contributed by atoms with Gasteiger partial charge in [-0.1, -0.05) is 11.6 Å². The Morgan fingerprint density at radius 1 is 1.64 bits per heavy atom. The number of rotatable bonds is 1. The second-order valence-corrected chi connectivity index (χ2v) is 2.45. The molecule has 58 valence electrons. The lowest BCUT2D eigenvalue weighted by molar-refractivity contribution is 0.0994. The van der Waals surface area contributed by atoms with Crippen molar-refractivity contribution >= 4 is 17.5 Å². The molecule has 5 heteroatoms. The van der Waals surface area contributed by atoms with Crippen molar-refractivity contribution < 1.29 is 4.79 Å². The smallest absolute Gasteiger partial charge is 0.270 e. The van der Waals surface area contributed by atoms with Gasteiger partial charge in [0.25, 0.3) is 5.91 Å². The van der Waals surface area contributed by atoms with Gasteiger partial charge in [-0.2, -0.15) is 5.10 Å². The number of primary amides is 1. The van der Waals surface area contributed by atoms with Crippen molar-refractivity contribution in [2.24, 2.45) is 5.73 Å². The average molecular weight is 172 g/mol. The van der Waals surface area contributed by atoms with Gasteiger partial charge in [-0.3, -0.25) is 4.79 Å². The Morgan fingerprint density at radius 3 is 2.73 bits per heavy atom. The molecule has 0 aliphatic rings. The van der Waals surface area contributed by atoms with Crippen LogP contribution in [0.15, 0.2) is 6.07 Å². The van der Waals surface area contributed by atoms with Gasteiger partial charge in [-0.25, -0.2) is 0 Å². The highest BCUT2D eigenvalue weighted by Crippen LogP contribution is 2.11. The summed E-state index contributed by atoms with van der Waals surface area (Å²) in [5.74, 6) is -0.664. The summed E-state index contributed by atoms with van der Waals surface area (Å²) < 4.78 is 0. The molecule has 0 fully saturated rings. The van der Waals surface area contributed by atoms with E-state index < -0.39 is 5.91 Å². The number of amides is 1. The molecule has 0 saturated carbocycles. The zero-order chi connectivity index (χ0) is 8.43. The average Bonchev–Trinajstić information content (AvgIpc) is 1.85. The van der Waals surface area contributed by atoms with Gasteiger partial charge in [-0.15, -0.1) is 5.10 Å². The monoisotopic (exact) mass is 171 g/mol. The summed E-state index contributed by atoms with van der Waals surface area (Å²) in [5.41, 5.74) is 5.60. The van der Waals surface area contributed by atoms with Crippen LogP contribution >= 0.6 is 11.6 Å². The molecule has 0 radical (unpaired) electrons. The van der Waals surface area contributed by atoms with Crippen LogP contribution < -0.4 is 5.73 Å². The molecule has 1 aromatic heterocycles. The molecule has 0 bridgehead atoms. The summed E-state index contributed by atoms with van der Waals surface area (Å²) in [4.78, 5) is 10.6. The minimum Gasteiger partial charge on any atom is -0.364 e. The number of nitrogens with two attached hydrogens (primary N) is 1. The Kier molecular flexibility index (Phi) is 2.05. The van der Waals surface area contributed by atoms with Crippen molar-refractivity contribution in [1.82, 2.24) is 10.2 Å². The van der Waals surface area contributed by atoms with Crippen molar-refractivity contribution in [3.05, 3.63) is 22.5 Å². The third kappa shape index (κ3) is 1.65. The van der Waals surface area contributed by atoms with Crippen LogP contribution in [0.1, 0.15) is 16.2 Å². The second kappa shape index (κ2) is 2.84. The lowest BCUT2D eigenvalue weighted by Gasteiger charge is -1.96. The molecule has 2 N–H and O–H groups in total. The summed E-state index contributed by atoms with van der Waals surface area (Å²) in [6.45, 7) is 1.73. The fraction of sp³-hybridized carbons (Fsp3) is 0.167. The molecule has 0 aliphatic carbocycles. The summed E-state index contributed by atoms with van der Waals surface area (Å²) in [5, 5.41) is 7.39. The Morgan fingerprint density at radius 2 is 2.27 bits per heavy atom. The predicted octanol–water partition coefficient (Wildman–Crippen LogP) is 0.537. The third-order valence-electron chi connectivity index (χ3n) is 1.10. The molecule has 0 aliphatic heterocycles. The molecule has 4 nitrogen and oxygen atoms in total. The van der Waals surface area contributed by atoms with Crippen LogP contribution in [0.2, 0.25) is 5.02 Å². The molecule has 1 amide bonds. The molecule has 0 unspecified atom stereocenters. The normalized spacial score (nSPS) is 9.64. The van der Waals surface area contributed by atoms with Gasteiger partial charge in [0.15, 0.2) is 5.69 Å². The highest BCUT2D eigenvalue weighted by atomic mass is 35.5. The molecular formula is C6H6ClN3O. The molecular weight excluding hydrogens is 166 g/mol. The van der Waals surface area contributed by atoms with Gasteiger partial charge in [0.2, 0.25) is 0 Å². The van der Waals surface area contributed by atoms with Crippen LogP contribution in [-0.4, -0.2) is 16.1 Å². The second-order valence-electron chi connectivity index (χ2n) is 2.05. The van der Waals surface area contributed by atoms with Gasteiger partial charge >= 0.3 is 0 Å². The quantitative estimate of drug-likeness (QED) is 0.671. The zero-order valence-electron chi connectivity index (χ0n) is 5.84. The van der Waals surface area contributed by atoms with E-state index in [0.29, 0.717) is 5.69 Å². The van der Waals surface area contributed by atoms with E-state index >= 15 is 0 Å². The molecule has 1 aromatic rings. The van der Waals surface area contributed by atoms with Gasteiger partial charge < -0.3 is 5.73 Å². The van der Waals surface area contributed by atoms with Crippen molar-refractivity contribution in [3.63, 3.8) is 0 Å². The highest BCUT2D eigenvalue weighted by Gasteiger charge is 2.08. The van der Waals surface area contributed by atoms with Crippen LogP contribution in [0.25, 0.3) is 0 Å². The van der Waals surface area contributed by atoms with Crippen LogP contribution in [0, 0.1) is 6.92 Å². The first-order valence-corrected chi connectivity index (χ1v) is 3.28. The topological polar surface area (TPSA) is 68.9 Å². The lowest BCUT2D eigenvalue weighted by Crippen LogP contribution is -2.14. The fourth-order valence-corrected chi connectivity index (χ4v) is 0.913. The molecule has 1 heterocycles. The Balaban J connectivity index is 3.20. The standard InChI is InChI=1S/C6H6ClN3O/c1-3-2-4(7)5(6(8)11)10-9-3/h2H,1H3,(H2,8,11). The number of hydrogen-bond donors (Lipinski definition) is 1. The first-order chi connectivity index (χ1) is 5.11. The zero-order valence-corrected chi connectivity index (χ0v) is 6.59. The maximum atomic E-state index is 10.6. The molecule has 0 spiro atoms. The van der Waals surface area contributed by atoms with Gasteiger partial charge in [0.1, 0.15) is 0 Å². The number of nitrogens with zero attached hydrogens (tertiary/aromatic N) is 2. The first-order valence-electron chi connectivity index (χ1n) is 2.91. The van der Waals surface area contributed by atoms with E-state index in [9.17, 15) is 4.79 Å². The van der Waals surface area contributed by atoms with Gasteiger partial charge in [0, 0.05) is 0 Å². The maximum absolute atomic E-state index is 10.6. The summed E-state index contributed by atoms with van der Waals surface area (Å²) in [6.07, 6.45) is 0. The largest absolute Gasteiger partial charge is 0.364 e. The van der Waals surface area contributed by atoms with Gasteiger partial charge in [0.05, 0.1) is 10.7 Å². The predicted molar refractivity (Wildman–Crippen MR) is 40.3 cm³/mol. The van der Waals surface area contributed by atoms with Crippen LogP contribution in [0.5, 0.6) is 0 Å². The number of aromatic nitrogens is 2. The lowest BCUT2D eigenvalue weighted by atomic mass is 10.3. The van der Waals surface area contributed by atoms with E-state index in [1.54, 1.807) is 6.92 Å². The SMILES string of the molecule is Cc1cc(Cl)c(C(N)=O)nn1. The van der Waals surface area contributed by atoms with Gasteiger partial charge in [-0.05, 0) is 13.0 Å². The molecule has 11 heavy (non-hydrogen) atoms. The Labute approximate surface area is 68.4 Å². The maximum Gasteiger partial charge on any atom is 0.270 e. The van der Waals surface area contributed by atoms with Crippen molar-refractivity contribution in [3.8, 4) is 0 Å². The fourth-order valence-electron chi connectivity index (χ4n) is 0.624. The van der Waals surface area contributed by atoms with Crippen LogP contribution in [-0.2, 0) is 0 Å². The Bertz CT molecular complexity index is 300. The summed E-state index contributed by atoms with van der Waals surface area (Å²) in [6, 6.07) is 1.54.